The molecule has 0 saturated heterocycles. The van der Waals surface area contributed by atoms with Gasteiger partial charge in [0.05, 0.1) is 10.9 Å². The zero-order chi connectivity index (χ0) is 23.1. The average molecular weight is 462 g/mol. The molecule has 1 amide bonds. The van der Waals surface area contributed by atoms with E-state index in [9.17, 15) is 9.59 Å². The molecule has 0 unspecified atom stereocenters. The molecular formula is C25H27N5O2S. The van der Waals surface area contributed by atoms with E-state index in [1.54, 1.807) is 18.2 Å². The Morgan fingerprint density at radius 3 is 2.76 bits per heavy atom. The van der Waals surface area contributed by atoms with Crippen LogP contribution in [0.5, 0.6) is 0 Å². The number of anilines is 2. The first kappa shape index (κ1) is 21.6. The largest absolute Gasteiger partial charge is 0.349 e. The highest BCUT2D eigenvalue weighted by atomic mass is 32.1. The van der Waals surface area contributed by atoms with Crippen LogP contribution in [0.25, 0.3) is 15.9 Å². The van der Waals surface area contributed by atoms with Crippen LogP contribution in [-0.2, 0) is 0 Å². The van der Waals surface area contributed by atoms with Crippen LogP contribution >= 0.6 is 11.3 Å². The molecule has 0 bridgehead atoms. The molecule has 1 fully saturated rings. The second-order valence-electron chi connectivity index (χ2n) is 9.04. The summed E-state index contributed by atoms with van der Waals surface area (Å²) in [5.74, 6) is 0.366. The summed E-state index contributed by atoms with van der Waals surface area (Å²) in [5, 5.41) is 12.0. The zero-order valence-corrected chi connectivity index (χ0v) is 19.8. The minimum absolute atomic E-state index is 0.112. The van der Waals surface area contributed by atoms with Gasteiger partial charge in [0, 0.05) is 17.3 Å². The van der Waals surface area contributed by atoms with E-state index in [0.29, 0.717) is 32.5 Å². The van der Waals surface area contributed by atoms with Gasteiger partial charge in [-0.15, -0.1) is 5.10 Å². The summed E-state index contributed by atoms with van der Waals surface area (Å²) in [6, 6.07) is 11.4. The van der Waals surface area contributed by atoms with Crippen molar-refractivity contribution in [2.24, 2.45) is 5.92 Å². The summed E-state index contributed by atoms with van der Waals surface area (Å²) in [7, 11) is 0. The molecule has 0 radical (unpaired) electrons. The monoisotopic (exact) mass is 461 g/mol. The predicted octanol–water partition coefficient (Wildman–Crippen LogP) is 4.97. The molecule has 1 aliphatic carbocycles. The zero-order valence-electron chi connectivity index (χ0n) is 19.0. The number of nitrogens with one attached hydrogen (secondary N) is 2. The van der Waals surface area contributed by atoms with E-state index in [2.05, 4.69) is 33.7 Å². The van der Waals surface area contributed by atoms with Crippen LogP contribution < -0.4 is 16.2 Å². The summed E-state index contributed by atoms with van der Waals surface area (Å²) in [6.07, 6.45) is 4.52. The van der Waals surface area contributed by atoms with Gasteiger partial charge in [-0.3, -0.25) is 9.59 Å². The number of benzene rings is 2. The lowest BCUT2D eigenvalue weighted by atomic mass is 9.86. The van der Waals surface area contributed by atoms with Gasteiger partial charge in [-0.25, -0.2) is 4.98 Å². The molecule has 5 rings (SSSR count). The first-order valence-electron chi connectivity index (χ1n) is 11.4. The maximum absolute atomic E-state index is 13.1. The van der Waals surface area contributed by atoms with Gasteiger partial charge in [0.1, 0.15) is 0 Å². The fourth-order valence-electron chi connectivity index (χ4n) is 4.47. The Morgan fingerprint density at radius 1 is 1.12 bits per heavy atom. The standard InChI is InChI=1S/C25H27N5O2S/c1-14-8-9-16(3)20(12-14)27-24-29-30-23(32)18-11-10-17(13-21(18)28-25(30)33-24)22(31)26-19-7-5-4-6-15(19)2/h8-13,15,19H,4-7H2,1-3H3,(H,26,31)(H,27,29)/t15-,19-/m1/s1. The number of carbonyl (C=O) groups excluding carboxylic acids is 1. The van der Waals surface area contributed by atoms with Crippen LogP contribution in [0.4, 0.5) is 10.8 Å². The summed E-state index contributed by atoms with van der Waals surface area (Å²) in [5.41, 5.74) is 3.96. The first-order chi connectivity index (χ1) is 15.9. The average Bonchev–Trinajstić information content (AvgIpc) is 3.20. The van der Waals surface area contributed by atoms with Crippen molar-refractivity contribution in [2.45, 2.75) is 52.5 Å². The number of carbonyl (C=O) groups is 1. The lowest BCUT2D eigenvalue weighted by Crippen LogP contribution is -2.41. The maximum Gasteiger partial charge on any atom is 0.283 e. The second kappa shape index (κ2) is 8.59. The third kappa shape index (κ3) is 4.23. The highest BCUT2D eigenvalue weighted by Gasteiger charge is 2.23. The minimum atomic E-state index is -0.242. The van der Waals surface area contributed by atoms with Crippen LogP contribution in [-0.4, -0.2) is 26.5 Å². The quantitative estimate of drug-likeness (QED) is 0.448. The fourth-order valence-corrected chi connectivity index (χ4v) is 5.28. The number of aryl methyl sites for hydroxylation is 2. The van der Waals surface area contributed by atoms with Gasteiger partial charge in [0.15, 0.2) is 0 Å². The lowest BCUT2D eigenvalue weighted by Gasteiger charge is -2.29. The van der Waals surface area contributed by atoms with E-state index in [4.69, 9.17) is 0 Å². The number of hydrogen-bond acceptors (Lipinski definition) is 6. The second-order valence-corrected chi connectivity index (χ2v) is 9.99. The van der Waals surface area contributed by atoms with Crippen LogP contribution in [0.3, 0.4) is 0 Å². The van der Waals surface area contributed by atoms with E-state index < -0.39 is 0 Å². The molecule has 33 heavy (non-hydrogen) atoms. The molecule has 7 nitrogen and oxygen atoms in total. The molecule has 2 N–H and O–H groups in total. The number of fused-ring (bicyclic) bond motifs is 2. The summed E-state index contributed by atoms with van der Waals surface area (Å²) in [6.45, 7) is 6.25. The van der Waals surface area contributed by atoms with Gasteiger partial charge in [-0.05, 0) is 68.0 Å². The Balaban J connectivity index is 1.46. The number of rotatable bonds is 4. The Hall–Kier alpha value is -3.26. The topological polar surface area (TPSA) is 88.4 Å². The van der Waals surface area contributed by atoms with Crippen LogP contribution in [0.1, 0.15) is 54.1 Å². The van der Waals surface area contributed by atoms with Crippen LogP contribution in [0.15, 0.2) is 41.2 Å². The van der Waals surface area contributed by atoms with Crippen molar-refractivity contribution >= 4 is 43.9 Å². The molecule has 170 valence electrons. The van der Waals surface area contributed by atoms with Gasteiger partial charge in [0.2, 0.25) is 10.1 Å². The SMILES string of the molecule is Cc1ccc(C)c(Nc2nn3c(=O)c4ccc(C(=O)N[C@@H]5CCCC[C@H]5C)cc4nc3s2)c1. The normalized spacial score (nSPS) is 18.5. The molecule has 2 atom stereocenters. The fraction of sp³-hybridized carbons (Fsp3) is 0.360. The Bertz CT molecular complexity index is 1420. The van der Waals surface area contributed by atoms with Gasteiger partial charge >= 0.3 is 0 Å². The van der Waals surface area contributed by atoms with E-state index in [-0.39, 0.29) is 17.5 Å². The number of hydrogen-bond donors (Lipinski definition) is 2. The highest BCUT2D eigenvalue weighted by molar-refractivity contribution is 7.20. The molecule has 0 spiro atoms. The number of aromatic nitrogens is 3. The highest BCUT2D eigenvalue weighted by Crippen LogP contribution is 2.26. The third-order valence-corrected chi connectivity index (χ3v) is 7.35. The molecule has 4 aromatic rings. The van der Waals surface area contributed by atoms with Crippen molar-refractivity contribution in [1.82, 2.24) is 19.9 Å². The summed E-state index contributed by atoms with van der Waals surface area (Å²) in [4.78, 5) is 31.1. The van der Waals surface area contributed by atoms with Crippen molar-refractivity contribution in [3.8, 4) is 0 Å². The predicted molar refractivity (Wildman–Crippen MR) is 133 cm³/mol. The molecule has 2 aromatic heterocycles. The Labute approximate surface area is 195 Å². The van der Waals surface area contributed by atoms with E-state index in [0.717, 1.165) is 36.1 Å². The van der Waals surface area contributed by atoms with E-state index in [1.165, 1.54) is 22.3 Å². The molecule has 2 heterocycles. The maximum atomic E-state index is 13.1. The first-order valence-corrected chi connectivity index (χ1v) is 12.2. The molecule has 1 aliphatic rings. The van der Waals surface area contributed by atoms with Crippen LogP contribution in [0, 0.1) is 19.8 Å². The molecule has 1 saturated carbocycles. The van der Waals surface area contributed by atoms with Crippen molar-refractivity contribution in [1.29, 1.82) is 0 Å². The number of amides is 1. The summed E-state index contributed by atoms with van der Waals surface area (Å²) >= 11 is 1.31. The van der Waals surface area contributed by atoms with E-state index in [1.807, 2.05) is 26.0 Å². The van der Waals surface area contributed by atoms with Crippen molar-refractivity contribution in [2.75, 3.05) is 5.32 Å². The van der Waals surface area contributed by atoms with Crippen molar-refractivity contribution < 1.29 is 4.79 Å². The lowest BCUT2D eigenvalue weighted by molar-refractivity contribution is 0.0910. The number of nitrogens with zero attached hydrogens (tertiary/aromatic N) is 3. The molecule has 0 aliphatic heterocycles. The molecular weight excluding hydrogens is 434 g/mol. The Kier molecular flexibility index (Phi) is 5.62. The van der Waals surface area contributed by atoms with Gasteiger partial charge in [-0.1, -0.05) is 43.2 Å². The third-order valence-electron chi connectivity index (χ3n) is 6.52. The van der Waals surface area contributed by atoms with E-state index >= 15 is 0 Å². The summed E-state index contributed by atoms with van der Waals surface area (Å²) < 4.78 is 1.32. The minimum Gasteiger partial charge on any atom is -0.349 e. The van der Waals surface area contributed by atoms with Gasteiger partial charge < -0.3 is 10.6 Å². The van der Waals surface area contributed by atoms with Crippen molar-refractivity contribution in [3.05, 3.63) is 63.4 Å². The van der Waals surface area contributed by atoms with Gasteiger partial charge in [0.25, 0.3) is 11.5 Å². The Morgan fingerprint density at radius 2 is 1.94 bits per heavy atom. The smallest absolute Gasteiger partial charge is 0.283 e. The van der Waals surface area contributed by atoms with Crippen LogP contribution in [0.2, 0.25) is 0 Å². The molecule has 8 heteroatoms. The molecule has 2 aromatic carbocycles. The van der Waals surface area contributed by atoms with Gasteiger partial charge in [-0.2, -0.15) is 4.52 Å². The van der Waals surface area contributed by atoms with Crippen molar-refractivity contribution in [3.63, 3.8) is 0 Å².